The van der Waals surface area contributed by atoms with Gasteiger partial charge in [-0.1, -0.05) is 6.07 Å². The topological polar surface area (TPSA) is 69.3 Å². The summed E-state index contributed by atoms with van der Waals surface area (Å²) in [5.74, 6) is 1.12. The number of nitrogens with zero attached hydrogens (tertiary/aromatic N) is 3. The molecule has 5 rings (SSSR count). The summed E-state index contributed by atoms with van der Waals surface area (Å²) < 4.78 is 0. The van der Waals surface area contributed by atoms with E-state index in [-0.39, 0.29) is 5.91 Å². The number of aromatic amines is 1. The quantitative estimate of drug-likeness (QED) is 0.883. The van der Waals surface area contributed by atoms with Crippen molar-refractivity contribution >= 4 is 23.2 Å². The Hall–Kier alpha value is -2.15. The highest BCUT2D eigenvalue weighted by Gasteiger charge is 2.45. The molecule has 3 saturated heterocycles. The van der Waals surface area contributed by atoms with Gasteiger partial charge in [0.05, 0.1) is 10.6 Å². The van der Waals surface area contributed by atoms with Gasteiger partial charge in [0, 0.05) is 32.1 Å². The number of carbonyl (C=O) groups excluding carboxylic acids is 2. The molecule has 0 spiro atoms. The van der Waals surface area contributed by atoms with Crippen LogP contribution < -0.4 is 0 Å². The maximum absolute atomic E-state index is 13.0. The first-order valence-electron chi connectivity index (χ1n) is 9.37. The van der Waals surface area contributed by atoms with Gasteiger partial charge < -0.3 is 9.80 Å². The fourth-order valence-corrected chi connectivity index (χ4v) is 5.62. The molecule has 3 fully saturated rings. The molecule has 0 saturated carbocycles. The van der Waals surface area contributed by atoms with Crippen molar-refractivity contribution < 1.29 is 9.59 Å². The maximum Gasteiger partial charge on any atom is 0.274 e. The molecular formula is C19H22N4O2S. The van der Waals surface area contributed by atoms with Crippen molar-refractivity contribution in [2.45, 2.75) is 31.7 Å². The molecule has 5 heterocycles. The van der Waals surface area contributed by atoms with Gasteiger partial charge in [-0.25, -0.2) is 0 Å². The Bertz CT molecular complexity index is 830. The van der Waals surface area contributed by atoms with Crippen LogP contribution in [0.1, 0.15) is 36.2 Å². The largest absolute Gasteiger partial charge is 0.339 e. The van der Waals surface area contributed by atoms with Crippen LogP contribution in [-0.4, -0.2) is 57.5 Å². The first-order chi connectivity index (χ1) is 12.7. The van der Waals surface area contributed by atoms with Gasteiger partial charge in [-0.05, 0) is 48.6 Å². The Morgan fingerprint density at radius 1 is 1.31 bits per heavy atom. The van der Waals surface area contributed by atoms with Crippen molar-refractivity contribution in [3.63, 3.8) is 0 Å². The number of piperidine rings is 3. The third kappa shape index (κ3) is 2.65. The predicted octanol–water partition coefficient (Wildman–Crippen LogP) is 2.61. The van der Waals surface area contributed by atoms with E-state index in [1.807, 2.05) is 28.5 Å². The first-order valence-corrected chi connectivity index (χ1v) is 10.2. The Morgan fingerprint density at radius 2 is 2.23 bits per heavy atom. The fourth-order valence-electron chi connectivity index (χ4n) is 4.93. The van der Waals surface area contributed by atoms with Crippen molar-refractivity contribution in [3.05, 3.63) is 29.3 Å². The van der Waals surface area contributed by atoms with Crippen LogP contribution in [-0.2, 0) is 4.79 Å². The second kappa shape index (κ2) is 6.23. The average Bonchev–Trinajstić information content (AvgIpc) is 3.33. The van der Waals surface area contributed by atoms with E-state index >= 15 is 0 Å². The van der Waals surface area contributed by atoms with E-state index in [2.05, 4.69) is 15.1 Å². The van der Waals surface area contributed by atoms with Crippen molar-refractivity contribution in [2.24, 2.45) is 11.8 Å². The number of amides is 2. The molecule has 3 aliphatic heterocycles. The summed E-state index contributed by atoms with van der Waals surface area (Å²) in [6.07, 6.45) is 3.89. The number of nitrogens with one attached hydrogen (secondary N) is 1. The summed E-state index contributed by atoms with van der Waals surface area (Å²) in [5.41, 5.74) is 1.38. The molecule has 3 atom stereocenters. The van der Waals surface area contributed by atoms with Crippen molar-refractivity contribution in [1.82, 2.24) is 20.0 Å². The molecule has 2 aromatic heterocycles. The smallest absolute Gasteiger partial charge is 0.274 e. The second-order valence-corrected chi connectivity index (χ2v) is 8.67. The fraction of sp³-hybridized carbons (Fsp3) is 0.526. The van der Waals surface area contributed by atoms with Crippen LogP contribution in [0.25, 0.3) is 10.6 Å². The van der Waals surface area contributed by atoms with Gasteiger partial charge in [0.2, 0.25) is 5.91 Å². The van der Waals surface area contributed by atoms with Crippen LogP contribution in [0.15, 0.2) is 23.6 Å². The van der Waals surface area contributed by atoms with Crippen molar-refractivity contribution in [3.8, 4) is 10.6 Å². The molecule has 136 valence electrons. The number of rotatable bonds is 2. The van der Waals surface area contributed by atoms with Crippen molar-refractivity contribution in [1.29, 1.82) is 0 Å². The second-order valence-electron chi connectivity index (χ2n) is 7.72. The Balaban J connectivity index is 1.34. The molecule has 2 amide bonds. The zero-order chi connectivity index (χ0) is 17.7. The van der Waals surface area contributed by atoms with Crippen molar-refractivity contribution in [2.75, 3.05) is 19.6 Å². The van der Waals surface area contributed by atoms with E-state index in [0.717, 1.165) is 49.5 Å². The Labute approximate surface area is 156 Å². The number of likely N-dealkylation sites (tertiary alicyclic amines) is 1. The van der Waals surface area contributed by atoms with E-state index in [1.54, 1.807) is 11.3 Å². The highest BCUT2D eigenvalue weighted by Crippen LogP contribution is 2.38. The van der Waals surface area contributed by atoms with Gasteiger partial charge in [-0.15, -0.1) is 11.3 Å². The molecule has 26 heavy (non-hydrogen) atoms. The van der Waals surface area contributed by atoms with Gasteiger partial charge in [0.25, 0.3) is 5.91 Å². The lowest BCUT2D eigenvalue weighted by Gasteiger charge is -2.52. The molecule has 2 bridgehead atoms. The summed E-state index contributed by atoms with van der Waals surface area (Å²) >= 11 is 1.63. The SMILES string of the molecule is O=C(c1cc(-c2cccs2)[nH]n1)N1CC2CC(C1)C1CCCC(=O)N1C2. The standard InChI is InChI=1S/C19H22N4O2S/c24-18-5-1-3-16-13-7-12(10-23(16)18)9-22(11-13)19(25)15-8-14(20-21-15)17-4-2-6-26-17/h2,4,6,8,12-13,16H,1,3,5,7,9-11H2,(H,20,21). The number of hydrogen-bond donors (Lipinski definition) is 1. The maximum atomic E-state index is 13.0. The lowest BCUT2D eigenvalue weighted by molar-refractivity contribution is -0.144. The van der Waals surface area contributed by atoms with Gasteiger partial charge >= 0.3 is 0 Å². The third-order valence-electron chi connectivity index (χ3n) is 6.05. The molecule has 7 heteroatoms. The number of fused-ring (bicyclic) bond motifs is 4. The predicted molar refractivity (Wildman–Crippen MR) is 98.8 cm³/mol. The molecule has 1 N–H and O–H groups in total. The lowest BCUT2D eigenvalue weighted by Crippen LogP contribution is -2.61. The van der Waals surface area contributed by atoms with Gasteiger partial charge in [0.15, 0.2) is 5.69 Å². The summed E-state index contributed by atoms with van der Waals surface area (Å²) in [7, 11) is 0. The van der Waals surface area contributed by atoms with E-state index in [4.69, 9.17) is 0 Å². The number of thiophene rings is 1. The van der Waals surface area contributed by atoms with Crippen LogP contribution in [0.3, 0.4) is 0 Å². The minimum absolute atomic E-state index is 0.00865. The van der Waals surface area contributed by atoms with E-state index < -0.39 is 0 Å². The number of hydrogen-bond acceptors (Lipinski definition) is 4. The van der Waals surface area contributed by atoms with Crippen LogP contribution in [0.2, 0.25) is 0 Å². The highest BCUT2D eigenvalue weighted by molar-refractivity contribution is 7.13. The zero-order valence-electron chi connectivity index (χ0n) is 14.6. The minimum atomic E-state index is 0.00865. The van der Waals surface area contributed by atoms with E-state index in [1.165, 1.54) is 0 Å². The molecule has 3 aliphatic rings. The summed E-state index contributed by atoms with van der Waals surface area (Å²) in [4.78, 5) is 30.4. The first kappa shape index (κ1) is 16.1. The van der Waals surface area contributed by atoms with Gasteiger partial charge in [-0.3, -0.25) is 14.7 Å². The Morgan fingerprint density at radius 3 is 3.08 bits per heavy atom. The van der Waals surface area contributed by atoms with E-state index in [0.29, 0.717) is 35.9 Å². The van der Waals surface area contributed by atoms with Crippen LogP contribution in [0.4, 0.5) is 0 Å². The van der Waals surface area contributed by atoms with Gasteiger partial charge in [-0.2, -0.15) is 5.10 Å². The molecule has 0 aromatic carbocycles. The molecule has 3 unspecified atom stereocenters. The number of carbonyl (C=O) groups is 2. The highest BCUT2D eigenvalue weighted by atomic mass is 32.1. The summed E-state index contributed by atoms with van der Waals surface area (Å²) in [6, 6.07) is 6.19. The van der Waals surface area contributed by atoms with E-state index in [9.17, 15) is 9.59 Å². The molecule has 0 radical (unpaired) electrons. The number of aromatic nitrogens is 2. The monoisotopic (exact) mass is 370 g/mol. The minimum Gasteiger partial charge on any atom is -0.339 e. The van der Waals surface area contributed by atoms with Crippen LogP contribution >= 0.6 is 11.3 Å². The number of H-pyrrole nitrogens is 1. The van der Waals surface area contributed by atoms with Crippen LogP contribution in [0, 0.1) is 11.8 Å². The molecular weight excluding hydrogens is 348 g/mol. The van der Waals surface area contributed by atoms with Gasteiger partial charge in [0.1, 0.15) is 0 Å². The molecule has 0 aliphatic carbocycles. The third-order valence-corrected chi connectivity index (χ3v) is 6.95. The molecule has 2 aromatic rings. The Kier molecular flexibility index (Phi) is 3.85. The lowest BCUT2D eigenvalue weighted by atomic mass is 9.76. The zero-order valence-corrected chi connectivity index (χ0v) is 15.4. The van der Waals surface area contributed by atoms with Crippen LogP contribution in [0.5, 0.6) is 0 Å². The molecule has 6 nitrogen and oxygen atoms in total. The summed E-state index contributed by atoms with van der Waals surface area (Å²) in [5, 5.41) is 9.26. The summed E-state index contributed by atoms with van der Waals surface area (Å²) in [6.45, 7) is 2.28. The normalized spacial score (nSPS) is 28.2. The average molecular weight is 370 g/mol.